The minimum Gasteiger partial charge on any atom is -0.490 e. The van der Waals surface area contributed by atoms with Crippen molar-refractivity contribution in [3.05, 3.63) is 66.7 Å². The van der Waals surface area contributed by atoms with Gasteiger partial charge in [-0.1, -0.05) is 30.3 Å². The molecule has 0 aliphatic heterocycles. The fourth-order valence-electron chi connectivity index (χ4n) is 2.06. The van der Waals surface area contributed by atoms with Crippen molar-refractivity contribution in [3.63, 3.8) is 0 Å². The van der Waals surface area contributed by atoms with E-state index < -0.39 is 0 Å². The van der Waals surface area contributed by atoms with Crippen LogP contribution < -0.4 is 9.47 Å². The molecule has 22 heavy (non-hydrogen) atoms. The Morgan fingerprint density at radius 3 is 2.32 bits per heavy atom. The molecular formula is C17H17N3O2. The standard InChI is InChI=1S/C17H17N3O2/c1-2-21-15-10-6-7-11-16(15)22-12-17-18-13-20(19-17)14-8-4-3-5-9-14/h3-11,13H,2,12H2,1H3. The second-order valence-corrected chi connectivity index (χ2v) is 4.61. The van der Waals surface area contributed by atoms with Crippen LogP contribution in [0.5, 0.6) is 11.5 Å². The number of hydrogen-bond acceptors (Lipinski definition) is 4. The van der Waals surface area contributed by atoms with Crippen LogP contribution >= 0.6 is 0 Å². The normalized spacial score (nSPS) is 10.4. The zero-order valence-corrected chi connectivity index (χ0v) is 12.3. The molecule has 3 aromatic rings. The number of rotatable bonds is 6. The van der Waals surface area contributed by atoms with E-state index in [1.165, 1.54) is 0 Å². The SMILES string of the molecule is CCOc1ccccc1OCc1ncn(-c2ccccc2)n1. The quantitative estimate of drug-likeness (QED) is 0.700. The second kappa shape index (κ2) is 6.76. The molecule has 0 spiro atoms. The van der Waals surface area contributed by atoms with Gasteiger partial charge in [0.25, 0.3) is 0 Å². The first-order valence-electron chi connectivity index (χ1n) is 7.17. The molecule has 0 N–H and O–H groups in total. The number of hydrogen-bond donors (Lipinski definition) is 0. The lowest BCUT2D eigenvalue weighted by Crippen LogP contribution is -2.02. The van der Waals surface area contributed by atoms with Crippen molar-refractivity contribution in [2.45, 2.75) is 13.5 Å². The zero-order chi connectivity index (χ0) is 15.2. The van der Waals surface area contributed by atoms with Crippen LogP contribution in [0.4, 0.5) is 0 Å². The van der Waals surface area contributed by atoms with E-state index in [1.54, 1.807) is 11.0 Å². The molecule has 0 bridgehead atoms. The van der Waals surface area contributed by atoms with Crippen molar-refractivity contribution >= 4 is 0 Å². The molecule has 3 rings (SSSR count). The van der Waals surface area contributed by atoms with E-state index in [-0.39, 0.29) is 0 Å². The van der Waals surface area contributed by atoms with Gasteiger partial charge in [0.15, 0.2) is 17.3 Å². The first kappa shape index (κ1) is 14.1. The van der Waals surface area contributed by atoms with Gasteiger partial charge >= 0.3 is 0 Å². The monoisotopic (exact) mass is 295 g/mol. The third-order valence-electron chi connectivity index (χ3n) is 3.07. The predicted molar refractivity (Wildman–Crippen MR) is 83.3 cm³/mol. The van der Waals surface area contributed by atoms with Gasteiger partial charge in [-0.3, -0.25) is 0 Å². The van der Waals surface area contributed by atoms with Crippen molar-refractivity contribution in [3.8, 4) is 17.2 Å². The highest BCUT2D eigenvalue weighted by molar-refractivity contribution is 5.39. The van der Waals surface area contributed by atoms with Crippen LogP contribution in [-0.2, 0) is 6.61 Å². The Labute approximate surface area is 129 Å². The van der Waals surface area contributed by atoms with E-state index in [0.29, 0.717) is 24.8 Å². The van der Waals surface area contributed by atoms with Gasteiger partial charge in [-0.25, -0.2) is 9.67 Å². The summed E-state index contributed by atoms with van der Waals surface area (Å²) in [5.41, 5.74) is 0.968. The average molecular weight is 295 g/mol. The minimum atomic E-state index is 0.296. The molecule has 1 aromatic heterocycles. The maximum atomic E-state index is 5.76. The van der Waals surface area contributed by atoms with Crippen LogP contribution in [0.2, 0.25) is 0 Å². The van der Waals surface area contributed by atoms with Crippen LogP contribution in [0.15, 0.2) is 60.9 Å². The summed E-state index contributed by atoms with van der Waals surface area (Å²) in [6, 6.07) is 17.4. The Morgan fingerprint density at radius 1 is 0.909 bits per heavy atom. The van der Waals surface area contributed by atoms with Crippen LogP contribution in [-0.4, -0.2) is 21.4 Å². The summed E-state index contributed by atoms with van der Waals surface area (Å²) in [7, 11) is 0. The maximum Gasteiger partial charge on any atom is 0.188 e. The van der Waals surface area contributed by atoms with Gasteiger partial charge in [0, 0.05) is 0 Å². The Morgan fingerprint density at radius 2 is 1.59 bits per heavy atom. The maximum absolute atomic E-state index is 5.76. The number of aromatic nitrogens is 3. The highest BCUT2D eigenvalue weighted by Gasteiger charge is 2.07. The summed E-state index contributed by atoms with van der Waals surface area (Å²) in [6.07, 6.45) is 1.68. The van der Waals surface area contributed by atoms with Crippen molar-refractivity contribution in [1.29, 1.82) is 0 Å². The van der Waals surface area contributed by atoms with Crippen LogP contribution in [0.25, 0.3) is 5.69 Å². The lowest BCUT2D eigenvalue weighted by atomic mass is 10.3. The van der Waals surface area contributed by atoms with Gasteiger partial charge in [0.1, 0.15) is 12.9 Å². The molecule has 0 aliphatic rings. The van der Waals surface area contributed by atoms with E-state index in [0.717, 1.165) is 11.4 Å². The topological polar surface area (TPSA) is 49.2 Å². The van der Waals surface area contributed by atoms with Crippen LogP contribution in [0, 0.1) is 0 Å². The Balaban J connectivity index is 1.69. The molecule has 0 unspecified atom stereocenters. The molecule has 0 aliphatic carbocycles. The van der Waals surface area contributed by atoms with Crippen molar-refractivity contribution in [2.24, 2.45) is 0 Å². The van der Waals surface area contributed by atoms with Crippen LogP contribution in [0.3, 0.4) is 0 Å². The third-order valence-corrected chi connectivity index (χ3v) is 3.07. The van der Waals surface area contributed by atoms with Crippen molar-refractivity contribution < 1.29 is 9.47 Å². The molecule has 0 atom stereocenters. The third kappa shape index (κ3) is 3.25. The average Bonchev–Trinajstić information content (AvgIpc) is 3.04. The summed E-state index contributed by atoms with van der Waals surface area (Å²) in [5.74, 6) is 2.04. The molecule has 0 radical (unpaired) electrons. The molecule has 5 heteroatoms. The van der Waals surface area contributed by atoms with Crippen molar-refractivity contribution in [2.75, 3.05) is 6.61 Å². The molecular weight excluding hydrogens is 278 g/mol. The molecule has 0 saturated carbocycles. The lowest BCUT2D eigenvalue weighted by molar-refractivity contribution is 0.263. The fourth-order valence-corrected chi connectivity index (χ4v) is 2.06. The molecule has 0 fully saturated rings. The molecule has 5 nitrogen and oxygen atoms in total. The van der Waals surface area contributed by atoms with Gasteiger partial charge < -0.3 is 9.47 Å². The summed E-state index contributed by atoms with van der Waals surface area (Å²) in [6.45, 7) is 2.84. The lowest BCUT2D eigenvalue weighted by Gasteiger charge is -2.10. The highest BCUT2D eigenvalue weighted by atomic mass is 16.5. The number of nitrogens with zero attached hydrogens (tertiary/aromatic N) is 3. The second-order valence-electron chi connectivity index (χ2n) is 4.61. The van der Waals surface area contributed by atoms with E-state index in [9.17, 15) is 0 Å². The van der Waals surface area contributed by atoms with Crippen molar-refractivity contribution in [1.82, 2.24) is 14.8 Å². The molecule has 112 valence electrons. The van der Waals surface area contributed by atoms with E-state index >= 15 is 0 Å². The Kier molecular flexibility index (Phi) is 4.34. The van der Waals surface area contributed by atoms with Gasteiger partial charge in [0.05, 0.1) is 12.3 Å². The summed E-state index contributed by atoms with van der Waals surface area (Å²) in [4.78, 5) is 4.27. The number of ether oxygens (including phenoxy) is 2. The van der Waals surface area contributed by atoms with Crippen LogP contribution in [0.1, 0.15) is 12.7 Å². The van der Waals surface area contributed by atoms with Gasteiger partial charge in [-0.15, -0.1) is 5.10 Å². The molecule has 0 saturated heterocycles. The Hall–Kier alpha value is -2.82. The minimum absolute atomic E-state index is 0.296. The first-order chi connectivity index (χ1) is 10.9. The molecule has 1 heterocycles. The summed E-state index contributed by atoms with van der Waals surface area (Å²) >= 11 is 0. The summed E-state index contributed by atoms with van der Waals surface area (Å²) in [5, 5.41) is 4.41. The fraction of sp³-hybridized carbons (Fsp3) is 0.176. The zero-order valence-electron chi connectivity index (χ0n) is 12.3. The number of benzene rings is 2. The van der Waals surface area contributed by atoms with E-state index in [2.05, 4.69) is 10.1 Å². The smallest absolute Gasteiger partial charge is 0.188 e. The predicted octanol–water partition coefficient (Wildman–Crippen LogP) is 3.25. The molecule has 0 amide bonds. The van der Waals surface area contributed by atoms with Gasteiger partial charge in [-0.05, 0) is 31.2 Å². The van der Waals surface area contributed by atoms with E-state index in [1.807, 2.05) is 61.5 Å². The highest BCUT2D eigenvalue weighted by Crippen LogP contribution is 2.26. The summed E-state index contributed by atoms with van der Waals surface area (Å²) < 4.78 is 13.0. The van der Waals surface area contributed by atoms with Gasteiger partial charge in [-0.2, -0.15) is 0 Å². The first-order valence-corrected chi connectivity index (χ1v) is 7.17. The largest absolute Gasteiger partial charge is 0.490 e. The number of para-hydroxylation sites is 3. The molecule has 2 aromatic carbocycles. The van der Waals surface area contributed by atoms with E-state index in [4.69, 9.17) is 9.47 Å². The van der Waals surface area contributed by atoms with Gasteiger partial charge in [0.2, 0.25) is 0 Å². The Bertz CT molecular complexity index is 726.